The minimum Gasteiger partial charge on any atom is -0.357 e. The number of nitrogens with zero attached hydrogens (tertiary/aromatic N) is 3. The highest BCUT2D eigenvalue weighted by atomic mass is 19.1. The summed E-state index contributed by atoms with van der Waals surface area (Å²) in [6, 6.07) is 10.3. The van der Waals surface area contributed by atoms with Crippen molar-refractivity contribution in [2.24, 2.45) is 5.92 Å². The fraction of sp³-hybridized carbons (Fsp3) is 0.458. The molecule has 0 radical (unpaired) electrons. The molecule has 2 fully saturated rings. The number of anilines is 2. The quantitative estimate of drug-likeness (QED) is 0.723. The molecule has 4 rings (SSSR count). The smallest absolute Gasteiger partial charge is 0.321 e. The molecule has 3 amide bonds. The van der Waals surface area contributed by atoms with E-state index < -0.39 is 0 Å². The number of nitrogens with one attached hydrogen (secondary N) is 2. The Morgan fingerprint density at radius 1 is 1.03 bits per heavy atom. The first-order chi connectivity index (χ1) is 15.6. The topological polar surface area (TPSA) is 77.6 Å². The molecule has 2 aliphatic rings. The predicted molar refractivity (Wildman–Crippen MR) is 122 cm³/mol. The van der Waals surface area contributed by atoms with Crippen molar-refractivity contribution in [2.75, 3.05) is 42.9 Å². The third-order valence-electron chi connectivity index (χ3n) is 6.23. The van der Waals surface area contributed by atoms with E-state index in [1.165, 1.54) is 18.9 Å². The Balaban J connectivity index is 1.18. The van der Waals surface area contributed by atoms with Crippen molar-refractivity contribution in [2.45, 2.75) is 32.1 Å². The Kier molecular flexibility index (Phi) is 7.19. The summed E-state index contributed by atoms with van der Waals surface area (Å²) in [6.45, 7) is 3.52. The van der Waals surface area contributed by atoms with Gasteiger partial charge in [0.25, 0.3) is 0 Å². The number of hydrogen-bond donors (Lipinski definition) is 2. The van der Waals surface area contributed by atoms with Crippen molar-refractivity contribution in [1.29, 1.82) is 0 Å². The second-order valence-corrected chi connectivity index (χ2v) is 8.42. The minimum atomic E-state index is -0.248. The summed E-state index contributed by atoms with van der Waals surface area (Å²) >= 11 is 0. The van der Waals surface area contributed by atoms with Gasteiger partial charge in [-0.15, -0.1) is 0 Å². The van der Waals surface area contributed by atoms with Crippen LogP contribution in [0.2, 0.25) is 0 Å². The fourth-order valence-corrected chi connectivity index (χ4v) is 4.31. The van der Waals surface area contributed by atoms with Crippen LogP contribution < -0.4 is 15.5 Å². The molecule has 32 heavy (non-hydrogen) atoms. The molecule has 1 aromatic heterocycles. The maximum Gasteiger partial charge on any atom is 0.321 e. The Morgan fingerprint density at radius 3 is 2.47 bits per heavy atom. The van der Waals surface area contributed by atoms with Gasteiger partial charge in [0.05, 0.1) is 11.9 Å². The Morgan fingerprint density at radius 2 is 1.78 bits per heavy atom. The fourth-order valence-electron chi connectivity index (χ4n) is 4.31. The van der Waals surface area contributed by atoms with Gasteiger partial charge in [0.15, 0.2) is 0 Å². The molecule has 1 aromatic carbocycles. The lowest BCUT2D eigenvalue weighted by molar-refractivity contribution is -0.126. The first-order valence-corrected chi connectivity index (χ1v) is 11.4. The van der Waals surface area contributed by atoms with Crippen LogP contribution in [0, 0.1) is 11.7 Å². The summed E-state index contributed by atoms with van der Waals surface area (Å²) in [5, 5.41) is 5.80. The molecule has 0 atom stereocenters. The van der Waals surface area contributed by atoms with Gasteiger partial charge < -0.3 is 20.4 Å². The zero-order valence-corrected chi connectivity index (χ0v) is 18.2. The zero-order chi connectivity index (χ0) is 22.3. The number of hydrogen-bond acceptors (Lipinski definition) is 4. The molecule has 7 nitrogen and oxygen atoms in total. The Hall–Kier alpha value is -3.16. The predicted octanol–water partition coefficient (Wildman–Crippen LogP) is 3.42. The van der Waals surface area contributed by atoms with Crippen molar-refractivity contribution in [3.63, 3.8) is 0 Å². The second kappa shape index (κ2) is 10.4. The van der Waals surface area contributed by atoms with Crippen LogP contribution in [-0.4, -0.2) is 54.5 Å². The zero-order valence-electron chi connectivity index (χ0n) is 18.2. The van der Waals surface area contributed by atoms with E-state index in [0.717, 1.165) is 18.9 Å². The van der Waals surface area contributed by atoms with Crippen molar-refractivity contribution < 1.29 is 14.0 Å². The van der Waals surface area contributed by atoms with Crippen LogP contribution in [0.5, 0.6) is 0 Å². The van der Waals surface area contributed by atoms with Gasteiger partial charge in [-0.2, -0.15) is 0 Å². The van der Waals surface area contributed by atoms with Crippen LogP contribution >= 0.6 is 0 Å². The van der Waals surface area contributed by atoms with E-state index in [-0.39, 0.29) is 23.7 Å². The molecular weight excluding hydrogens is 409 g/mol. The average Bonchev–Trinajstić information content (AvgIpc) is 3.36. The number of pyridine rings is 1. The Labute approximate surface area is 188 Å². The van der Waals surface area contributed by atoms with Crippen molar-refractivity contribution in [3.8, 4) is 0 Å². The monoisotopic (exact) mass is 439 g/mol. The van der Waals surface area contributed by atoms with Crippen LogP contribution in [0.1, 0.15) is 31.2 Å². The number of piperidine rings is 1. The standard InChI is InChI=1S/C24H30FN5O2/c25-21-6-2-1-5-18(21)9-12-26-23(31)19-10-15-30(16-11-19)24(32)28-20-7-8-22(27-17-20)29-13-3-4-14-29/h1-2,5-8,17,19H,3-4,9-16H2,(H,26,31)(H,28,32). The van der Waals surface area contributed by atoms with Gasteiger partial charge in [-0.3, -0.25) is 4.79 Å². The number of likely N-dealkylation sites (tertiary alicyclic amines) is 1. The molecule has 0 aliphatic carbocycles. The lowest BCUT2D eigenvalue weighted by Crippen LogP contribution is -2.44. The van der Waals surface area contributed by atoms with Gasteiger partial charge in [-0.05, 0) is 55.9 Å². The molecule has 2 aliphatic heterocycles. The van der Waals surface area contributed by atoms with E-state index in [2.05, 4.69) is 20.5 Å². The van der Waals surface area contributed by atoms with Crippen LogP contribution in [-0.2, 0) is 11.2 Å². The van der Waals surface area contributed by atoms with E-state index in [1.54, 1.807) is 29.3 Å². The number of halogens is 1. The lowest BCUT2D eigenvalue weighted by Gasteiger charge is -2.31. The molecule has 0 unspecified atom stereocenters. The van der Waals surface area contributed by atoms with Crippen LogP contribution in [0.3, 0.4) is 0 Å². The number of benzene rings is 1. The molecule has 3 heterocycles. The van der Waals surface area contributed by atoms with E-state index in [4.69, 9.17) is 0 Å². The van der Waals surface area contributed by atoms with Crippen molar-refractivity contribution in [1.82, 2.24) is 15.2 Å². The summed E-state index contributed by atoms with van der Waals surface area (Å²) in [6.07, 6.45) is 5.78. The molecule has 8 heteroatoms. The van der Waals surface area contributed by atoms with E-state index >= 15 is 0 Å². The van der Waals surface area contributed by atoms with Gasteiger partial charge in [0.1, 0.15) is 11.6 Å². The second-order valence-electron chi connectivity index (χ2n) is 8.42. The number of rotatable bonds is 6. The van der Waals surface area contributed by atoms with Gasteiger partial charge in [0, 0.05) is 38.6 Å². The highest BCUT2D eigenvalue weighted by Crippen LogP contribution is 2.21. The van der Waals surface area contributed by atoms with E-state index in [1.807, 2.05) is 12.1 Å². The Bertz CT molecular complexity index is 922. The van der Waals surface area contributed by atoms with Gasteiger partial charge in [-0.25, -0.2) is 14.2 Å². The molecule has 170 valence electrons. The third kappa shape index (κ3) is 5.55. The minimum absolute atomic E-state index is 0.0249. The summed E-state index contributed by atoms with van der Waals surface area (Å²) in [7, 11) is 0. The molecule has 0 saturated carbocycles. The summed E-state index contributed by atoms with van der Waals surface area (Å²) in [4.78, 5) is 33.5. The SMILES string of the molecule is O=C(NCCc1ccccc1F)C1CCN(C(=O)Nc2ccc(N3CCCC3)nc2)CC1. The first kappa shape index (κ1) is 22.0. The molecule has 0 spiro atoms. The van der Waals surface area contributed by atoms with E-state index in [9.17, 15) is 14.0 Å². The summed E-state index contributed by atoms with van der Waals surface area (Å²) < 4.78 is 13.7. The third-order valence-corrected chi connectivity index (χ3v) is 6.23. The van der Waals surface area contributed by atoms with Gasteiger partial charge in [-0.1, -0.05) is 18.2 Å². The number of carbonyl (C=O) groups excluding carboxylic acids is 2. The van der Waals surface area contributed by atoms with Crippen LogP contribution in [0.15, 0.2) is 42.6 Å². The van der Waals surface area contributed by atoms with Crippen molar-refractivity contribution in [3.05, 3.63) is 54.0 Å². The normalized spacial score (nSPS) is 16.8. The lowest BCUT2D eigenvalue weighted by atomic mass is 9.96. The molecule has 2 N–H and O–H groups in total. The molecular formula is C24H30FN5O2. The molecule has 0 bridgehead atoms. The maximum atomic E-state index is 13.7. The van der Waals surface area contributed by atoms with Crippen LogP contribution in [0.25, 0.3) is 0 Å². The van der Waals surface area contributed by atoms with E-state index in [0.29, 0.717) is 50.1 Å². The first-order valence-electron chi connectivity index (χ1n) is 11.4. The summed E-state index contributed by atoms with van der Waals surface area (Å²) in [5.74, 6) is 0.550. The highest BCUT2D eigenvalue weighted by molar-refractivity contribution is 5.89. The summed E-state index contributed by atoms with van der Waals surface area (Å²) in [5.41, 5.74) is 1.27. The van der Waals surface area contributed by atoms with Crippen molar-refractivity contribution >= 4 is 23.4 Å². The van der Waals surface area contributed by atoms with Gasteiger partial charge in [0.2, 0.25) is 5.91 Å². The number of aromatic nitrogens is 1. The number of carbonyl (C=O) groups is 2. The van der Waals surface area contributed by atoms with Crippen LogP contribution in [0.4, 0.5) is 20.7 Å². The van der Waals surface area contributed by atoms with Gasteiger partial charge >= 0.3 is 6.03 Å². The number of urea groups is 1. The molecule has 2 saturated heterocycles. The average molecular weight is 440 g/mol. The highest BCUT2D eigenvalue weighted by Gasteiger charge is 2.27. The number of amides is 3. The largest absolute Gasteiger partial charge is 0.357 e. The molecule has 2 aromatic rings. The maximum absolute atomic E-state index is 13.7.